The molecule has 25 heavy (non-hydrogen) atoms. The molecule has 0 heterocycles. The number of ether oxygens (including phenoxy) is 1. The van der Waals surface area contributed by atoms with Gasteiger partial charge in [0.1, 0.15) is 6.10 Å². The quantitative estimate of drug-likeness (QED) is 0.698. The number of carbonyl (C=O) groups is 1. The summed E-state index contributed by atoms with van der Waals surface area (Å²) < 4.78 is 5.92. The van der Waals surface area contributed by atoms with Crippen LogP contribution in [-0.4, -0.2) is 23.3 Å². The topological polar surface area (TPSA) is 46.5 Å². The van der Waals surface area contributed by atoms with E-state index in [0.717, 1.165) is 25.7 Å². The van der Waals surface area contributed by atoms with Gasteiger partial charge in [-0.25, -0.2) is 0 Å². The van der Waals surface area contributed by atoms with Crippen molar-refractivity contribution in [1.29, 1.82) is 0 Å². The van der Waals surface area contributed by atoms with Gasteiger partial charge >= 0.3 is 5.97 Å². The molecule has 0 aromatic carbocycles. The maximum absolute atomic E-state index is 11.9. The first-order valence-electron chi connectivity index (χ1n) is 10.4. The van der Waals surface area contributed by atoms with Gasteiger partial charge in [-0.3, -0.25) is 4.79 Å². The number of hydrogen-bond acceptors (Lipinski definition) is 3. The van der Waals surface area contributed by atoms with Crippen LogP contribution in [0.25, 0.3) is 0 Å². The first kappa shape index (κ1) is 17.8. The van der Waals surface area contributed by atoms with Crippen LogP contribution in [0, 0.1) is 33.5 Å². The zero-order chi connectivity index (χ0) is 18.3. The fourth-order valence-electron chi connectivity index (χ4n) is 8.21. The normalized spacial score (nSPS) is 53.7. The predicted molar refractivity (Wildman–Crippen MR) is 97.9 cm³/mol. The van der Waals surface area contributed by atoms with E-state index in [9.17, 15) is 9.90 Å². The maximum atomic E-state index is 11.9. The van der Waals surface area contributed by atoms with Crippen LogP contribution in [0.15, 0.2) is 0 Å². The van der Waals surface area contributed by atoms with Crippen LogP contribution >= 0.6 is 0 Å². The third-order valence-corrected chi connectivity index (χ3v) is 9.45. The largest absolute Gasteiger partial charge is 0.462 e. The van der Waals surface area contributed by atoms with E-state index in [-0.39, 0.29) is 29.0 Å². The summed E-state index contributed by atoms with van der Waals surface area (Å²) in [6.07, 6.45) is 8.88. The molecule has 4 aliphatic carbocycles. The Kier molecular flexibility index (Phi) is 3.74. The van der Waals surface area contributed by atoms with Crippen LogP contribution in [0.3, 0.4) is 0 Å². The number of carbonyl (C=O) groups excluding carboxylic acids is 1. The lowest BCUT2D eigenvalue weighted by Crippen LogP contribution is -2.64. The third-order valence-electron chi connectivity index (χ3n) is 9.45. The van der Waals surface area contributed by atoms with Gasteiger partial charge in [-0.05, 0) is 72.5 Å². The minimum atomic E-state index is -0.247. The molecule has 4 fully saturated rings. The average molecular weight is 349 g/mol. The summed E-state index contributed by atoms with van der Waals surface area (Å²) >= 11 is 0. The lowest BCUT2D eigenvalue weighted by atomic mass is 9.37. The molecule has 4 saturated carbocycles. The number of aliphatic hydroxyl groups excluding tert-OH is 1. The molecule has 2 bridgehead atoms. The van der Waals surface area contributed by atoms with E-state index in [1.807, 2.05) is 0 Å². The maximum Gasteiger partial charge on any atom is 0.302 e. The average Bonchev–Trinajstić information content (AvgIpc) is 2.81. The molecule has 0 radical (unpaired) electrons. The highest BCUT2D eigenvalue weighted by atomic mass is 16.5. The summed E-state index contributed by atoms with van der Waals surface area (Å²) in [5.41, 5.74) is 0.916. The van der Waals surface area contributed by atoms with Gasteiger partial charge in [0.25, 0.3) is 0 Å². The van der Waals surface area contributed by atoms with E-state index in [1.165, 1.54) is 25.7 Å². The van der Waals surface area contributed by atoms with Gasteiger partial charge < -0.3 is 9.84 Å². The minimum Gasteiger partial charge on any atom is -0.462 e. The molecule has 7 atom stereocenters. The Morgan fingerprint density at radius 1 is 1.04 bits per heavy atom. The first-order valence-corrected chi connectivity index (χ1v) is 10.4. The van der Waals surface area contributed by atoms with Gasteiger partial charge in [0.15, 0.2) is 0 Å². The molecule has 0 aromatic rings. The molecule has 1 N–H and O–H groups in total. The van der Waals surface area contributed by atoms with Crippen molar-refractivity contribution in [2.75, 3.05) is 0 Å². The SMILES string of the molecule is CC(=O)O[C@H]1C[C@H]2C(C)(C)CCC[C@]2(C)[C@@]23CCC(C)(C2)[C@@H](O)C[C@H]13. The number of aliphatic hydroxyl groups is 1. The van der Waals surface area contributed by atoms with E-state index in [0.29, 0.717) is 22.7 Å². The molecule has 4 aliphatic rings. The van der Waals surface area contributed by atoms with E-state index >= 15 is 0 Å². The fraction of sp³-hybridized carbons (Fsp3) is 0.955. The van der Waals surface area contributed by atoms with Crippen LogP contribution in [0.5, 0.6) is 0 Å². The summed E-state index contributed by atoms with van der Waals surface area (Å²) in [4.78, 5) is 11.9. The number of hydrogen-bond donors (Lipinski definition) is 1. The Hall–Kier alpha value is -0.570. The molecule has 0 amide bonds. The number of esters is 1. The summed E-state index contributed by atoms with van der Waals surface area (Å²) in [6.45, 7) is 11.3. The molecule has 0 aliphatic heterocycles. The van der Waals surface area contributed by atoms with E-state index in [1.54, 1.807) is 6.92 Å². The molecule has 4 rings (SSSR count). The number of fused-ring (bicyclic) bond motifs is 2. The Morgan fingerprint density at radius 2 is 1.76 bits per heavy atom. The first-order chi connectivity index (χ1) is 11.5. The fourth-order valence-corrected chi connectivity index (χ4v) is 8.21. The van der Waals surface area contributed by atoms with Gasteiger partial charge in [-0.1, -0.05) is 34.1 Å². The van der Waals surface area contributed by atoms with E-state index in [4.69, 9.17) is 4.74 Å². The molecular formula is C22H36O3. The van der Waals surface area contributed by atoms with Crippen LogP contribution in [-0.2, 0) is 9.53 Å². The molecule has 0 saturated heterocycles. The predicted octanol–water partition coefficient (Wildman–Crippen LogP) is 4.71. The highest BCUT2D eigenvalue weighted by Gasteiger charge is 2.71. The summed E-state index contributed by atoms with van der Waals surface area (Å²) in [5, 5.41) is 10.9. The second-order valence-corrected chi connectivity index (χ2v) is 11.0. The highest BCUT2D eigenvalue weighted by molar-refractivity contribution is 5.66. The van der Waals surface area contributed by atoms with Crippen LogP contribution in [0.4, 0.5) is 0 Å². The number of rotatable bonds is 1. The molecular weight excluding hydrogens is 312 g/mol. The van der Waals surface area contributed by atoms with Gasteiger partial charge in [0, 0.05) is 12.8 Å². The Morgan fingerprint density at radius 3 is 2.44 bits per heavy atom. The van der Waals surface area contributed by atoms with Crippen molar-refractivity contribution in [3.63, 3.8) is 0 Å². The van der Waals surface area contributed by atoms with E-state index < -0.39 is 0 Å². The summed E-state index contributed by atoms with van der Waals surface area (Å²) in [7, 11) is 0. The van der Waals surface area contributed by atoms with Crippen molar-refractivity contribution in [3.05, 3.63) is 0 Å². The molecule has 0 aromatic heterocycles. The lowest BCUT2D eigenvalue weighted by Gasteiger charge is -2.68. The van der Waals surface area contributed by atoms with Crippen molar-refractivity contribution in [3.8, 4) is 0 Å². The second-order valence-electron chi connectivity index (χ2n) is 11.0. The monoisotopic (exact) mass is 348 g/mol. The molecule has 3 nitrogen and oxygen atoms in total. The Labute approximate surface area is 152 Å². The van der Waals surface area contributed by atoms with Crippen molar-refractivity contribution in [2.24, 2.45) is 33.5 Å². The van der Waals surface area contributed by atoms with Crippen molar-refractivity contribution >= 4 is 5.97 Å². The highest BCUT2D eigenvalue weighted by Crippen LogP contribution is 2.76. The van der Waals surface area contributed by atoms with Crippen molar-refractivity contribution in [2.45, 2.75) is 98.2 Å². The van der Waals surface area contributed by atoms with E-state index in [2.05, 4.69) is 27.7 Å². The smallest absolute Gasteiger partial charge is 0.302 e. The molecule has 142 valence electrons. The van der Waals surface area contributed by atoms with Crippen LogP contribution in [0.2, 0.25) is 0 Å². The van der Waals surface area contributed by atoms with Crippen LogP contribution in [0.1, 0.15) is 86.0 Å². The molecule has 1 unspecified atom stereocenters. The zero-order valence-corrected chi connectivity index (χ0v) is 16.7. The second kappa shape index (κ2) is 5.24. The van der Waals surface area contributed by atoms with Gasteiger partial charge in [-0.2, -0.15) is 0 Å². The standard InChI is InChI=1S/C22H36O3/c1-14(23)25-16-12-17-19(2,3)7-6-8-21(17,5)22-10-9-20(4,13-22)18(24)11-15(16)22/h15-18,24H,6-13H2,1-5H3/t15-,16+,17+,18+,20?,21+,22+/m1/s1. The van der Waals surface area contributed by atoms with Gasteiger partial charge in [-0.15, -0.1) is 0 Å². The van der Waals surface area contributed by atoms with Crippen molar-refractivity contribution < 1.29 is 14.6 Å². The molecule has 1 spiro atoms. The van der Waals surface area contributed by atoms with Crippen LogP contribution < -0.4 is 0 Å². The summed E-state index contributed by atoms with van der Waals surface area (Å²) in [5.74, 6) is 0.780. The summed E-state index contributed by atoms with van der Waals surface area (Å²) in [6, 6.07) is 0. The third kappa shape index (κ3) is 2.23. The lowest BCUT2D eigenvalue weighted by molar-refractivity contribution is -0.231. The van der Waals surface area contributed by atoms with Gasteiger partial charge in [0.2, 0.25) is 0 Å². The minimum absolute atomic E-state index is 0.00903. The molecule has 3 heteroatoms. The van der Waals surface area contributed by atoms with Crippen molar-refractivity contribution in [1.82, 2.24) is 0 Å². The van der Waals surface area contributed by atoms with Gasteiger partial charge in [0.05, 0.1) is 6.10 Å². The zero-order valence-electron chi connectivity index (χ0n) is 16.7. The Balaban J connectivity index is 1.82. The Bertz CT molecular complexity index is 584.